The van der Waals surface area contributed by atoms with Gasteiger partial charge in [0.2, 0.25) is 0 Å². The van der Waals surface area contributed by atoms with Gasteiger partial charge in [-0.3, -0.25) is 0 Å². The highest BCUT2D eigenvalue weighted by atomic mass is 32.1. The van der Waals surface area contributed by atoms with Crippen LogP contribution in [0.2, 0.25) is 0 Å². The van der Waals surface area contributed by atoms with Crippen molar-refractivity contribution >= 4 is 70.4 Å². The summed E-state index contributed by atoms with van der Waals surface area (Å²) in [6.07, 6.45) is 0. The minimum atomic E-state index is 1.13. The number of aryl methyl sites for hydroxylation is 2. The van der Waals surface area contributed by atoms with Crippen LogP contribution in [0.25, 0.3) is 81.0 Å². The quantitative estimate of drug-likeness (QED) is 0.157. The molecule has 0 radical (unpaired) electrons. The zero-order valence-electron chi connectivity index (χ0n) is 32.9. The predicted octanol–water partition coefficient (Wildman–Crippen LogP) is 16.2. The van der Waals surface area contributed by atoms with E-state index in [0.717, 1.165) is 17.1 Å². The molecule has 0 unspecified atom stereocenters. The first kappa shape index (κ1) is 35.0. The number of para-hydroxylation sites is 2. The highest BCUT2D eigenvalue weighted by Crippen LogP contribution is 2.49. The van der Waals surface area contributed by atoms with Crippen LogP contribution in [-0.2, 0) is 0 Å². The molecule has 2 heterocycles. The summed E-state index contributed by atoms with van der Waals surface area (Å²) in [5.74, 6) is 0. The van der Waals surface area contributed by atoms with Gasteiger partial charge in [-0.15, -0.1) is 11.3 Å². The van der Waals surface area contributed by atoms with Crippen LogP contribution in [0.3, 0.4) is 0 Å². The van der Waals surface area contributed by atoms with E-state index in [1.54, 1.807) is 0 Å². The maximum Gasteiger partial charge on any atom is 0.0555 e. The van der Waals surface area contributed by atoms with E-state index in [1.807, 2.05) is 11.3 Å². The van der Waals surface area contributed by atoms with Gasteiger partial charge >= 0.3 is 0 Å². The van der Waals surface area contributed by atoms with E-state index < -0.39 is 0 Å². The van der Waals surface area contributed by atoms with Crippen molar-refractivity contribution in [2.24, 2.45) is 0 Å². The van der Waals surface area contributed by atoms with Crippen LogP contribution >= 0.6 is 11.3 Å². The van der Waals surface area contributed by atoms with Gasteiger partial charge in [0, 0.05) is 48.0 Å². The van der Waals surface area contributed by atoms with Crippen molar-refractivity contribution in [3.05, 3.63) is 217 Å². The lowest BCUT2D eigenvalue weighted by atomic mass is 9.97. The fraction of sp³-hybridized carbons (Fsp3) is 0.0357. The summed E-state index contributed by atoms with van der Waals surface area (Å²) in [5, 5.41) is 5.07. The Labute approximate surface area is 348 Å². The molecule has 59 heavy (non-hydrogen) atoms. The molecule has 11 aromatic rings. The summed E-state index contributed by atoms with van der Waals surface area (Å²) in [5.41, 5.74) is 16.9. The van der Waals surface area contributed by atoms with Crippen molar-refractivity contribution in [2.75, 3.05) is 4.90 Å². The summed E-state index contributed by atoms with van der Waals surface area (Å²) in [6, 6.07) is 75.4. The Balaban J connectivity index is 1.13. The highest BCUT2D eigenvalue weighted by molar-refractivity contribution is 7.26. The Hall–Kier alpha value is -7.20. The van der Waals surface area contributed by atoms with Crippen LogP contribution in [0.4, 0.5) is 17.1 Å². The molecule has 280 valence electrons. The lowest BCUT2D eigenvalue weighted by Gasteiger charge is -2.28. The molecule has 0 bridgehead atoms. The first-order valence-corrected chi connectivity index (χ1v) is 21.1. The second kappa shape index (κ2) is 14.3. The molecule has 0 N–H and O–H groups in total. The van der Waals surface area contributed by atoms with Crippen molar-refractivity contribution in [3.63, 3.8) is 0 Å². The second-order valence-electron chi connectivity index (χ2n) is 15.4. The van der Waals surface area contributed by atoms with E-state index in [-0.39, 0.29) is 0 Å². The molecular formula is C56H40N2S. The maximum absolute atomic E-state index is 2.48. The first-order chi connectivity index (χ1) is 29.1. The molecule has 0 aliphatic rings. The standard InChI is InChI=1S/C56H40N2S/c1-37-34-43(28-30-45(37)39-16-5-3-6-17-39)57(44-29-31-46(38(2)35-44)40-18-7-4-8-19-40)53-33-32-47(56-55(53)50-24-11-14-27-54(50)59-56)41-20-15-21-42(36-41)58-51-25-12-9-22-48(51)49-23-10-13-26-52(49)58/h3-36H,1-2H3. The Morgan fingerprint density at radius 2 is 0.915 bits per heavy atom. The molecule has 0 saturated heterocycles. The van der Waals surface area contributed by atoms with Gasteiger partial charge < -0.3 is 9.47 Å². The topological polar surface area (TPSA) is 8.17 Å². The van der Waals surface area contributed by atoms with Gasteiger partial charge in [0.05, 0.1) is 16.7 Å². The number of thiophene rings is 1. The first-order valence-electron chi connectivity index (χ1n) is 20.3. The van der Waals surface area contributed by atoms with Crippen molar-refractivity contribution in [1.29, 1.82) is 0 Å². The molecule has 0 fully saturated rings. The van der Waals surface area contributed by atoms with Crippen LogP contribution < -0.4 is 4.90 Å². The number of hydrogen-bond donors (Lipinski definition) is 0. The zero-order chi connectivity index (χ0) is 39.5. The SMILES string of the molecule is Cc1cc(N(c2ccc(-c3ccccc3)c(C)c2)c2ccc(-c3cccc(-n4c5ccccc5c5ccccc54)c3)c3sc4ccccc4c23)ccc1-c1ccccc1. The molecule has 11 rings (SSSR count). The summed E-state index contributed by atoms with van der Waals surface area (Å²) in [7, 11) is 0. The molecule has 2 nitrogen and oxygen atoms in total. The third-order valence-electron chi connectivity index (χ3n) is 11.8. The summed E-state index contributed by atoms with van der Waals surface area (Å²) < 4.78 is 4.97. The molecular weight excluding hydrogens is 733 g/mol. The van der Waals surface area contributed by atoms with Crippen molar-refractivity contribution in [3.8, 4) is 39.1 Å². The predicted molar refractivity (Wildman–Crippen MR) is 254 cm³/mol. The fourth-order valence-electron chi connectivity index (χ4n) is 9.12. The van der Waals surface area contributed by atoms with Crippen LogP contribution in [0.15, 0.2) is 206 Å². The fourth-order valence-corrected chi connectivity index (χ4v) is 10.4. The van der Waals surface area contributed by atoms with E-state index in [2.05, 4.69) is 230 Å². The monoisotopic (exact) mass is 772 g/mol. The maximum atomic E-state index is 2.48. The lowest BCUT2D eigenvalue weighted by molar-refractivity contribution is 1.18. The van der Waals surface area contributed by atoms with Crippen LogP contribution in [-0.4, -0.2) is 4.57 Å². The molecule has 0 saturated carbocycles. The number of rotatable bonds is 7. The minimum Gasteiger partial charge on any atom is -0.310 e. The van der Waals surface area contributed by atoms with E-state index in [9.17, 15) is 0 Å². The van der Waals surface area contributed by atoms with Crippen molar-refractivity contribution in [1.82, 2.24) is 4.57 Å². The lowest BCUT2D eigenvalue weighted by Crippen LogP contribution is -2.11. The Bertz CT molecular complexity index is 3210. The van der Waals surface area contributed by atoms with Gasteiger partial charge in [-0.05, 0) is 119 Å². The second-order valence-corrected chi connectivity index (χ2v) is 16.5. The van der Waals surface area contributed by atoms with Gasteiger partial charge in [0.25, 0.3) is 0 Å². The molecule has 0 aliphatic heterocycles. The van der Waals surface area contributed by atoms with Crippen molar-refractivity contribution < 1.29 is 0 Å². The summed E-state index contributed by atoms with van der Waals surface area (Å²) in [4.78, 5) is 2.48. The van der Waals surface area contributed by atoms with E-state index in [1.165, 1.54) is 92.2 Å². The molecule has 0 aliphatic carbocycles. The van der Waals surface area contributed by atoms with Gasteiger partial charge in [-0.1, -0.05) is 146 Å². The Morgan fingerprint density at radius 3 is 1.51 bits per heavy atom. The average molecular weight is 773 g/mol. The molecule has 0 amide bonds. The van der Waals surface area contributed by atoms with Gasteiger partial charge in [0.15, 0.2) is 0 Å². The van der Waals surface area contributed by atoms with E-state index in [4.69, 9.17) is 0 Å². The normalized spacial score (nSPS) is 11.6. The van der Waals surface area contributed by atoms with Crippen molar-refractivity contribution in [2.45, 2.75) is 13.8 Å². The summed E-state index contributed by atoms with van der Waals surface area (Å²) in [6.45, 7) is 4.47. The summed E-state index contributed by atoms with van der Waals surface area (Å²) >= 11 is 1.89. The van der Waals surface area contributed by atoms with E-state index in [0.29, 0.717) is 0 Å². The average Bonchev–Trinajstić information content (AvgIpc) is 3.84. The molecule has 9 aromatic carbocycles. The van der Waals surface area contributed by atoms with Gasteiger partial charge in [-0.2, -0.15) is 0 Å². The highest BCUT2D eigenvalue weighted by Gasteiger charge is 2.23. The van der Waals surface area contributed by atoms with Crippen LogP contribution in [0.1, 0.15) is 11.1 Å². The molecule has 2 aromatic heterocycles. The van der Waals surface area contributed by atoms with Gasteiger partial charge in [0.1, 0.15) is 0 Å². The zero-order valence-corrected chi connectivity index (χ0v) is 33.7. The van der Waals surface area contributed by atoms with Crippen LogP contribution in [0, 0.1) is 13.8 Å². The number of nitrogens with zero attached hydrogens (tertiary/aromatic N) is 2. The number of aromatic nitrogens is 1. The number of fused-ring (bicyclic) bond motifs is 6. The van der Waals surface area contributed by atoms with E-state index >= 15 is 0 Å². The molecule has 0 spiro atoms. The Morgan fingerprint density at radius 1 is 0.407 bits per heavy atom. The smallest absolute Gasteiger partial charge is 0.0555 e. The number of anilines is 3. The van der Waals surface area contributed by atoms with Crippen LogP contribution in [0.5, 0.6) is 0 Å². The minimum absolute atomic E-state index is 1.13. The molecule has 0 atom stereocenters. The largest absolute Gasteiger partial charge is 0.310 e. The molecule has 3 heteroatoms. The third kappa shape index (κ3) is 5.93. The number of hydrogen-bond acceptors (Lipinski definition) is 2. The third-order valence-corrected chi connectivity index (χ3v) is 13.1. The van der Waals surface area contributed by atoms with Gasteiger partial charge in [-0.25, -0.2) is 0 Å². The Kier molecular flexibility index (Phi) is 8.49. The number of benzene rings is 9.